The van der Waals surface area contributed by atoms with Crippen molar-refractivity contribution in [3.05, 3.63) is 57.5 Å². The molecular formula is C16H11Cl3N2O2. The van der Waals surface area contributed by atoms with Gasteiger partial charge in [-0.15, -0.1) is 0 Å². The molecule has 3 rings (SSSR count). The van der Waals surface area contributed by atoms with Crippen molar-refractivity contribution in [2.24, 2.45) is 0 Å². The van der Waals surface area contributed by atoms with Crippen molar-refractivity contribution in [3.8, 4) is 0 Å². The molecule has 0 unspecified atom stereocenters. The van der Waals surface area contributed by atoms with E-state index >= 15 is 0 Å². The maximum Gasteiger partial charge on any atom is 0.256 e. The van der Waals surface area contributed by atoms with E-state index in [9.17, 15) is 9.59 Å². The van der Waals surface area contributed by atoms with Crippen molar-refractivity contribution in [1.82, 2.24) is 0 Å². The van der Waals surface area contributed by atoms with E-state index in [1.165, 1.54) is 6.07 Å². The van der Waals surface area contributed by atoms with Crippen molar-refractivity contribution in [2.45, 2.75) is 12.5 Å². The molecule has 118 valence electrons. The van der Waals surface area contributed by atoms with Crippen molar-refractivity contribution in [1.29, 1.82) is 0 Å². The summed E-state index contributed by atoms with van der Waals surface area (Å²) in [5.74, 6) is -0.622. The fourth-order valence-electron chi connectivity index (χ4n) is 2.39. The van der Waals surface area contributed by atoms with Gasteiger partial charge in [-0.25, -0.2) is 4.90 Å². The van der Waals surface area contributed by atoms with Gasteiger partial charge in [-0.05, 0) is 42.5 Å². The second-order valence-electron chi connectivity index (χ2n) is 5.07. The summed E-state index contributed by atoms with van der Waals surface area (Å²) in [7, 11) is 0. The number of carbonyl (C=O) groups is 2. The summed E-state index contributed by atoms with van der Waals surface area (Å²) < 4.78 is 0. The van der Waals surface area contributed by atoms with Crippen molar-refractivity contribution >= 4 is 58.0 Å². The molecule has 1 saturated heterocycles. The van der Waals surface area contributed by atoms with Crippen LogP contribution < -0.4 is 10.2 Å². The van der Waals surface area contributed by atoms with E-state index in [0.717, 1.165) is 10.6 Å². The Kier molecular flexibility index (Phi) is 4.48. The number of halogens is 3. The predicted octanol–water partition coefficient (Wildman–Crippen LogP) is 4.39. The molecule has 1 aliphatic heterocycles. The molecule has 2 amide bonds. The number of imide groups is 1. The number of nitrogens with zero attached hydrogens (tertiary/aromatic N) is 1. The first-order valence-electron chi connectivity index (χ1n) is 6.79. The van der Waals surface area contributed by atoms with Gasteiger partial charge in [0.25, 0.3) is 5.91 Å². The minimum atomic E-state index is -0.627. The minimum absolute atomic E-state index is 0.0711. The lowest BCUT2D eigenvalue weighted by Gasteiger charge is -2.16. The number of rotatable bonds is 3. The normalized spacial score (nSPS) is 17.7. The van der Waals surface area contributed by atoms with Gasteiger partial charge in [0.05, 0.1) is 22.2 Å². The van der Waals surface area contributed by atoms with E-state index < -0.39 is 6.04 Å². The highest BCUT2D eigenvalue weighted by Gasteiger charge is 2.39. The van der Waals surface area contributed by atoms with E-state index in [1.54, 1.807) is 36.4 Å². The first-order valence-corrected chi connectivity index (χ1v) is 7.93. The molecular weight excluding hydrogens is 359 g/mol. The number of benzene rings is 2. The fourth-order valence-corrected chi connectivity index (χ4v) is 2.81. The van der Waals surface area contributed by atoms with E-state index in [2.05, 4.69) is 5.32 Å². The average Bonchev–Trinajstić information content (AvgIpc) is 2.79. The van der Waals surface area contributed by atoms with Crippen LogP contribution in [0.5, 0.6) is 0 Å². The molecule has 0 bridgehead atoms. The molecule has 0 aromatic heterocycles. The van der Waals surface area contributed by atoms with E-state index in [4.69, 9.17) is 34.8 Å². The third-order valence-corrected chi connectivity index (χ3v) is 4.48. The van der Waals surface area contributed by atoms with Gasteiger partial charge in [-0.1, -0.05) is 34.8 Å². The quantitative estimate of drug-likeness (QED) is 0.816. The van der Waals surface area contributed by atoms with Crippen LogP contribution in [0, 0.1) is 0 Å². The van der Waals surface area contributed by atoms with Crippen LogP contribution >= 0.6 is 34.8 Å². The largest absolute Gasteiger partial charge is 0.373 e. The summed E-state index contributed by atoms with van der Waals surface area (Å²) in [4.78, 5) is 25.8. The maximum atomic E-state index is 12.5. The number of hydrogen-bond acceptors (Lipinski definition) is 3. The Hall–Kier alpha value is -1.75. The highest BCUT2D eigenvalue weighted by atomic mass is 35.5. The first-order chi connectivity index (χ1) is 11.0. The number of carbonyl (C=O) groups excluding carboxylic acids is 2. The molecule has 1 fully saturated rings. The van der Waals surface area contributed by atoms with E-state index in [-0.39, 0.29) is 18.2 Å². The fraction of sp³-hybridized carbons (Fsp3) is 0.125. The zero-order chi connectivity index (χ0) is 16.6. The van der Waals surface area contributed by atoms with Gasteiger partial charge in [0.2, 0.25) is 5.91 Å². The predicted molar refractivity (Wildman–Crippen MR) is 92.4 cm³/mol. The molecule has 0 aliphatic carbocycles. The van der Waals surface area contributed by atoms with Crippen LogP contribution in [0.2, 0.25) is 15.1 Å². The zero-order valence-corrected chi connectivity index (χ0v) is 14.0. The molecule has 0 saturated carbocycles. The Labute approximate surface area is 147 Å². The summed E-state index contributed by atoms with van der Waals surface area (Å²) in [6, 6.07) is 10.9. The van der Waals surface area contributed by atoms with E-state index in [1.807, 2.05) is 0 Å². The summed E-state index contributed by atoms with van der Waals surface area (Å²) >= 11 is 17.7. The Morgan fingerprint density at radius 3 is 2.30 bits per heavy atom. The van der Waals surface area contributed by atoms with Crippen LogP contribution in [-0.2, 0) is 9.59 Å². The Morgan fingerprint density at radius 1 is 0.957 bits per heavy atom. The van der Waals surface area contributed by atoms with Crippen LogP contribution in [-0.4, -0.2) is 17.9 Å². The summed E-state index contributed by atoms with van der Waals surface area (Å²) in [5.41, 5.74) is 1.13. The molecule has 23 heavy (non-hydrogen) atoms. The summed E-state index contributed by atoms with van der Waals surface area (Å²) in [6.45, 7) is 0. The third kappa shape index (κ3) is 3.29. The van der Waals surface area contributed by atoms with Crippen molar-refractivity contribution in [2.75, 3.05) is 10.2 Å². The zero-order valence-electron chi connectivity index (χ0n) is 11.7. The van der Waals surface area contributed by atoms with Gasteiger partial charge < -0.3 is 5.32 Å². The van der Waals surface area contributed by atoms with Gasteiger partial charge in [0.15, 0.2) is 0 Å². The van der Waals surface area contributed by atoms with Crippen molar-refractivity contribution < 1.29 is 9.59 Å². The number of hydrogen-bond donors (Lipinski definition) is 1. The van der Waals surface area contributed by atoms with Crippen LogP contribution in [0.4, 0.5) is 11.4 Å². The van der Waals surface area contributed by atoms with Gasteiger partial charge in [-0.3, -0.25) is 9.59 Å². The molecule has 1 atom stereocenters. The molecule has 2 aromatic carbocycles. The topological polar surface area (TPSA) is 49.4 Å². The molecule has 0 radical (unpaired) electrons. The molecule has 2 aromatic rings. The smallest absolute Gasteiger partial charge is 0.256 e. The molecule has 0 spiro atoms. The standard InChI is InChI=1S/C16H11Cl3N2O2/c17-9-1-3-10(4-2-9)20-14-8-15(22)21(16(14)23)11-5-6-12(18)13(19)7-11/h1-7,14,20H,8H2/t14-/m1/s1. The molecule has 1 aliphatic rings. The van der Waals surface area contributed by atoms with Crippen LogP contribution in [0.3, 0.4) is 0 Å². The lowest BCUT2D eigenvalue weighted by molar-refractivity contribution is -0.121. The molecule has 1 heterocycles. The van der Waals surface area contributed by atoms with Crippen molar-refractivity contribution in [3.63, 3.8) is 0 Å². The summed E-state index contributed by atoms with van der Waals surface area (Å²) in [6.07, 6.45) is 0.0711. The second kappa shape index (κ2) is 6.40. The van der Waals surface area contributed by atoms with E-state index in [0.29, 0.717) is 20.8 Å². The maximum absolute atomic E-state index is 12.5. The highest BCUT2D eigenvalue weighted by Crippen LogP contribution is 2.31. The lowest BCUT2D eigenvalue weighted by Crippen LogP contribution is -2.34. The SMILES string of the molecule is O=C1C[C@@H](Nc2ccc(Cl)cc2)C(=O)N1c1ccc(Cl)c(Cl)c1. The number of nitrogens with one attached hydrogen (secondary N) is 1. The minimum Gasteiger partial charge on any atom is -0.373 e. The van der Waals surface area contributed by atoms with Crippen LogP contribution in [0.25, 0.3) is 0 Å². The molecule has 4 nitrogen and oxygen atoms in total. The second-order valence-corrected chi connectivity index (χ2v) is 6.32. The third-order valence-electron chi connectivity index (χ3n) is 3.49. The van der Waals surface area contributed by atoms with Crippen LogP contribution in [0.15, 0.2) is 42.5 Å². The highest BCUT2D eigenvalue weighted by molar-refractivity contribution is 6.42. The average molecular weight is 370 g/mol. The summed E-state index contributed by atoms with van der Waals surface area (Å²) in [5, 5.41) is 4.30. The Bertz CT molecular complexity index is 777. The molecule has 7 heteroatoms. The Balaban J connectivity index is 1.82. The monoisotopic (exact) mass is 368 g/mol. The number of anilines is 2. The lowest BCUT2D eigenvalue weighted by atomic mass is 10.2. The van der Waals surface area contributed by atoms with Gasteiger partial charge in [0, 0.05) is 10.7 Å². The van der Waals surface area contributed by atoms with Crippen LogP contribution in [0.1, 0.15) is 6.42 Å². The first kappa shape index (κ1) is 16.1. The van der Waals surface area contributed by atoms with Gasteiger partial charge >= 0.3 is 0 Å². The Morgan fingerprint density at radius 2 is 1.65 bits per heavy atom. The molecule has 1 N–H and O–H groups in total. The van der Waals surface area contributed by atoms with Gasteiger partial charge in [-0.2, -0.15) is 0 Å². The number of amides is 2. The van der Waals surface area contributed by atoms with Gasteiger partial charge in [0.1, 0.15) is 6.04 Å².